The van der Waals surface area contributed by atoms with Crippen LogP contribution in [0.2, 0.25) is 0 Å². The third-order valence-corrected chi connectivity index (χ3v) is 3.59. The molecule has 2 atom stereocenters. The minimum absolute atomic E-state index is 0.515. The average Bonchev–Trinajstić information content (AvgIpc) is 2.89. The highest BCUT2D eigenvalue weighted by Gasteiger charge is 2.17. The fourth-order valence-electron chi connectivity index (χ4n) is 2.51. The molecule has 0 saturated carbocycles. The van der Waals surface area contributed by atoms with Crippen LogP contribution in [-0.2, 0) is 11.2 Å². The van der Waals surface area contributed by atoms with Crippen molar-refractivity contribution in [3.05, 3.63) is 35.9 Å². The highest BCUT2D eigenvalue weighted by molar-refractivity contribution is 5.15. The number of rotatable bonds is 6. The van der Waals surface area contributed by atoms with Gasteiger partial charge in [0.1, 0.15) is 0 Å². The summed E-state index contributed by atoms with van der Waals surface area (Å²) in [5.74, 6) is 0. The average molecular weight is 233 g/mol. The molecule has 0 bridgehead atoms. The van der Waals surface area contributed by atoms with Gasteiger partial charge in [-0.1, -0.05) is 30.3 Å². The van der Waals surface area contributed by atoms with E-state index in [-0.39, 0.29) is 0 Å². The van der Waals surface area contributed by atoms with E-state index in [2.05, 4.69) is 42.7 Å². The van der Waals surface area contributed by atoms with Crippen LogP contribution in [-0.4, -0.2) is 25.8 Å². The van der Waals surface area contributed by atoms with Crippen LogP contribution in [0.4, 0.5) is 0 Å². The van der Waals surface area contributed by atoms with Gasteiger partial charge in [-0.05, 0) is 44.7 Å². The fourth-order valence-corrected chi connectivity index (χ4v) is 2.51. The van der Waals surface area contributed by atoms with Crippen LogP contribution < -0.4 is 5.32 Å². The Morgan fingerprint density at radius 2 is 2.18 bits per heavy atom. The first-order chi connectivity index (χ1) is 8.38. The molecule has 94 valence electrons. The molecule has 1 heterocycles. The summed E-state index contributed by atoms with van der Waals surface area (Å²) in [6, 6.07) is 11.3. The van der Waals surface area contributed by atoms with Crippen LogP contribution in [0.15, 0.2) is 30.3 Å². The van der Waals surface area contributed by atoms with Crippen LogP contribution in [0.1, 0.15) is 31.2 Å². The van der Waals surface area contributed by atoms with Crippen molar-refractivity contribution in [3.8, 4) is 0 Å². The zero-order valence-corrected chi connectivity index (χ0v) is 10.7. The molecular formula is C15H23NO. The Morgan fingerprint density at radius 3 is 2.82 bits per heavy atom. The van der Waals surface area contributed by atoms with Crippen molar-refractivity contribution < 1.29 is 4.74 Å². The van der Waals surface area contributed by atoms with Crippen LogP contribution >= 0.6 is 0 Å². The monoisotopic (exact) mass is 233 g/mol. The van der Waals surface area contributed by atoms with Crippen LogP contribution in [0.3, 0.4) is 0 Å². The van der Waals surface area contributed by atoms with Gasteiger partial charge < -0.3 is 10.1 Å². The third-order valence-electron chi connectivity index (χ3n) is 3.59. The van der Waals surface area contributed by atoms with Crippen molar-refractivity contribution in [1.82, 2.24) is 5.32 Å². The SMILES string of the molecule is CNC(CCC1CCCO1)Cc1ccccc1. The number of ether oxygens (including phenoxy) is 1. The molecule has 0 amide bonds. The second kappa shape index (κ2) is 6.77. The lowest BCUT2D eigenvalue weighted by Gasteiger charge is -2.18. The van der Waals surface area contributed by atoms with E-state index >= 15 is 0 Å². The number of benzene rings is 1. The molecule has 2 nitrogen and oxygen atoms in total. The summed E-state index contributed by atoms with van der Waals surface area (Å²) in [6.07, 6.45) is 6.52. The van der Waals surface area contributed by atoms with E-state index in [1.54, 1.807) is 0 Å². The quantitative estimate of drug-likeness (QED) is 0.816. The Morgan fingerprint density at radius 1 is 1.35 bits per heavy atom. The van der Waals surface area contributed by atoms with Gasteiger partial charge in [-0.15, -0.1) is 0 Å². The van der Waals surface area contributed by atoms with Crippen molar-refractivity contribution in [3.63, 3.8) is 0 Å². The van der Waals surface area contributed by atoms with Gasteiger partial charge in [0.05, 0.1) is 6.10 Å². The lowest BCUT2D eigenvalue weighted by atomic mass is 9.99. The minimum Gasteiger partial charge on any atom is -0.378 e. The van der Waals surface area contributed by atoms with Crippen molar-refractivity contribution >= 4 is 0 Å². The van der Waals surface area contributed by atoms with E-state index in [9.17, 15) is 0 Å². The van der Waals surface area contributed by atoms with E-state index in [1.807, 2.05) is 0 Å². The number of nitrogens with one attached hydrogen (secondary N) is 1. The number of hydrogen-bond donors (Lipinski definition) is 1. The van der Waals surface area contributed by atoms with E-state index in [0.717, 1.165) is 13.0 Å². The summed E-state index contributed by atoms with van der Waals surface area (Å²) in [4.78, 5) is 0. The topological polar surface area (TPSA) is 21.3 Å². The molecule has 0 aromatic heterocycles. The van der Waals surface area contributed by atoms with Crippen molar-refractivity contribution in [1.29, 1.82) is 0 Å². The largest absolute Gasteiger partial charge is 0.378 e. The molecular weight excluding hydrogens is 210 g/mol. The Hall–Kier alpha value is -0.860. The highest BCUT2D eigenvalue weighted by Crippen LogP contribution is 2.18. The smallest absolute Gasteiger partial charge is 0.0576 e. The van der Waals surface area contributed by atoms with E-state index in [1.165, 1.54) is 31.2 Å². The Balaban J connectivity index is 1.76. The van der Waals surface area contributed by atoms with Crippen LogP contribution in [0.5, 0.6) is 0 Å². The minimum atomic E-state index is 0.515. The Labute approximate surface area is 104 Å². The normalized spacial score (nSPS) is 21.6. The van der Waals surface area contributed by atoms with E-state index in [4.69, 9.17) is 4.74 Å². The molecule has 1 aliphatic heterocycles. The molecule has 17 heavy (non-hydrogen) atoms. The maximum absolute atomic E-state index is 5.67. The summed E-state index contributed by atoms with van der Waals surface area (Å²) < 4.78 is 5.67. The second-order valence-electron chi connectivity index (χ2n) is 4.89. The first kappa shape index (κ1) is 12.6. The Kier molecular flexibility index (Phi) is 5.02. The van der Waals surface area contributed by atoms with Crippen molar-refractivity contribution in [2.75, 3.05) is 13.7 Å². The molecule has 2 unspecified atom stereocenters. The lowest BCUT2D eigenvalue weighted by molar-refractivity contribution is 0.0998. The standard InChI is InChI=1S/C15H23NO/c1-16-14(9-10-15-8-5-11-17-15)12-13-6-3-2-4-7-13/h2-4,6-7,14-16H,5,8-12H2,1H3. The van der Waals surface area contributed by atoms with E-state index < -0.39 is 0 Å². The van der Waals surface area contributed by atoms with Crippen LogP contribution in [0, 0.1) is 0 Å². The van der Waals surface area contributed by atoms with Gasteiger partial charge in [-0.2, -0.15) is 0 Å². The Bertz CT molecular complexity index is 306. The first-order valence-corrected chi connectivity index (χ1v) is 6.71. The van der Waals surface area contributed by atoms with Crippen LogP contribution in [0.25, 0.3) is 0 Å². The highest BCUT2D eigenvalue weighted by atomic mass is 16.5. The van der Waals surface area contributed by atoms with Crippen molar-refractivity contribution in [2.24, 2.45) is 0 Å². The molecule has 2 rings (SSSR count). The lowest BCUT2D eigenvalue weighted by Crippen LogP contribution is -2.28. The van der Waals surface area contributed by atoms with Gasteiger partial charge in [0, 0.05) is 12.6 Å². The van der Waals surface area contributed by atoms with Gasteiger partial charge in [-0.25, -0.2) is 0 Å². The third kappa shape index (κ3) is 4.14. The maximum Gasteiger partial charge on any atom is 0.0576 e. The van der Waals surface area contributed by atoms with Gasteiger partial charge >= 0.3 is 0 Å². The maximum atomic E-state index is 5.67. The summed E-state index contributed by atoms with van der Waals surface area (Å²) >= 11 is 0. The molecule has 1 saturated heterocycles. The molecule has 1 aromatic rings. The molecule has 1 aliphatic rings. The molecule has 0 radical (unpaired) electrons. The number of likely N-dealkylation sites (N-methyl/N-ethyl adjacent to an activating group) is 1. The predicted octanol–water partition coefficient (Wildman–Crippen LogP) is 2.78. The fraction of sp³-hybridized carbons (Fsp3) is 0.600. The molecule has 0 spiro atoms. The van der Waals surface area contributed by atoms with E-state index in [0.29, 0.717) is 12.1 Å². The molecule has 1 fully saturated rings. The van der Waals surface area contributed by atoms with Gasteiger partial charge in [0.15, 0.2) is 0 Å². The number of hydrogen-bond acceptors (Lipinski definition) is 2. The first-order valence-electron chi connectivity index (χ1n) is 6.71. The molecule has 2 heteroatoms. The molecule has 1 N–H and O–H groups in total. The van der Waals surface area contributed by atoms with Gasteiger partial charge in [-0.3, -0.25) is 0 Å². The summed E-state index contributed by atoms with van der Waals surface area (Å²) in [5, 5.41) is 3.42. The zero-order chi connectivity index (χ0) is 11.9. The van der Waals surface area contributed by atoms with Gasteiger partial charge in [0.25, 0.3) is 0 Å². The zero-order valence-electron chi connectivity index (χ0n) is 10.7. The summed E-state index contributed by atoms with van der Waals surface area (Å²) in [7, 11) is 2.06. The molecule has 1 aromatic carbocycles. The second-order valence-corrected chi connectivity index (χ2v) is 4.89. The summed E-state index contributed by atoms with van der Waals surface area (Å²) in [6.45, 7) is 0.966. The van der Waals surface area contributed by atoms with Crippen molar-refractivity contribution in [2.45, 2.75) is 44.2 Å². The summed E-state index contributed by atoms with van der Waals surface area (Å²) in [5.41, 5.74) is 1.42. The van der Waals surface area contributed by atoms with Gasteiger partial charge in [0.2, 0.25) is 0 Å². The molecule has 0 aliphatic carbocycles. The predicted molar refractivity (Wildman–Crippen MR) is 71.2 cm³/mol.